The van der Waals surface area contributed by atoms with Crippen LogP contribution in [0.25, 0.3) is 0 Å². The average Bonchev–Trinajstić information content (AvgIpc) is 3.32. The van der Waals surface area contributed by atoms with Gasteiger partial charge in [0, 0.05) is 37.3 Å². The molecule has 0 bridgehead atoms. The van der Waals surface area contributed by atoms with Crippen LogP contribution >= 0.6 is 24.0 Å². The Labute approximate surface area is 205 Å². The van der Waals surface area contributed by atoms with Crippen molar-refractivity contribution in [3.8, 4) is 0 Å². The molecule has 0 radical (unpaired) electrons. The lowest BCUT2D eigenvalue weighted by Gasteiger charge is -2.32. The number of guanidine groups is 1. The fraction of sp³-hybridized carbons (Fsp3) is 0.500. The van der Waals surface area contributed by atoms with E-state index in [-0.39, 0.29) is 42.3 Å². The number of aliphatic imine (C=N–C) groups is 1. The molecule has 1 aliphatic rings. The summed E-state index contributed by atoms with van der Waals surface area (Å²) in [5.41, 5.74) is 5.28. The second kappa shape index (κ2) is 12.0. The quantitative estimate of drug-likeness (QED) is 0.222. The summed E-state index contributed by atoms with van der Waals surface area (Å²) in [6.07, 6.45) is 4.79. The maximum absolute atomic E-state index is 11.4. The van der Waals surface area contributed by atoms with Gasteiger partial charge in [0.05, 0.1) is 19.4 Å². The normalized spacial score (nSPS) is 16.7. The summed E-state index contributed by atoms with van der Waals surface area (Å²) in [7, 11) is 0. The summed E-state index contributed by atoms with van der Waals surface area (Å²) >= 11 is 0. The number of anilines is 1. The zero-order valence-corrected chi connectivity index (χ0v) is 20.9. The van der Waals surface area contributed by atoms with E-state index in [0.29, 0.717) is 24.8 Å². The van der Waals surface area contributed by atoms with E-state index in [0.717, 1.165) is 37.3 Å². The van der Waals surface area contributed by atoms with Gasteiger partial charge in [0.1, 0.15) is 17.2 Å². The van der Waals surface area contributed by atoms with Crippen molar-refractivity contribution in [3.05, 3.63) is 48.0 Å². The van der Waals surface area contributed by atoms with E-state index in [1.807, 2.05) is 19.1 Å². The second-order valence-electron chi connectivity index (χ2n) is 7.95. The number of furan rings is 1. The molecule has 2 aromatic heterocycles. The van der Waals surface area contributed by atoms with Crippen LogP contribution < -0.4 is 21.3 Å². The Bertz CT molecular complexity index is 880. The van der Waals surface area contributed by atoms with E-state index >= 15 is 0 Å². The minimum Gasteiger partial charge on any atom is -0.466 e. The van der Waals surface area contributed by atoms with Gasteiger partial charge in [-0.15, -0.1) is 24.0 Å². The number of nitrogens with two attached hydrogens (primary N) is 1. The summed E-state index contributed by atoms with van der Waals surface area (Å²) in [6, 6.07) is 7.40. The number of nitrogens with one attached hydrogen (secondary N) is 2. The summed E-state index contributed by atoms with van der Waals surface area (Å²) in [5.74, 6) is 1.68. The molecule has 176 valence electrons. The molecule has 0 spiro atoms. The molecular weight excluding hydrogens is 523 g/mol. The summed E-state index contributed by atoms with van der Waals surface area (Å²) in [4.78, 5) is 22.9. The molecular formula is C22H33IN6O3. The highest BCUT2D eigenvalue weighted by atomic mass is 127. The van der Waals surface area contributed by atoms with Crippen LogP contribution in [-0.2, 0) is 16.9 Å². The van der Waals surface area contributed by atoms with Crippen molar-refractivity contribution >= 4 is 41.7 Å². The Hall–Kier alpha value is -2.34. The summed E-state index contributed by atoms with van der Waals surface area (Å²) < 4.78 is 5.33. The fourth-order valence-electron chi connectivity index (χ4n) is 3.65. The first-order chi connectivity index (χ1) is 14.9. The Morgan fingerprint density at radius 2 is 2.09 bits per heavy atom. The molecule has 2 aromatic rings. The number of aliphatic hydroxyl groups is 1. The van der Waals surface area contributed by atoms with Crippen LogP contribution in [0.3, 0.4) is 0 Å². The molecule has 10 heteroatoms. The van der Waals surface area contributed by atoms with Crippen molar-refractivity contribution in [2.75, 3.05) is 31.1 Å². The van der Waals surface area contributed by atoms with Crippen LogP contribution in [0.15, 0.2) is 46.1 Å². The zero-order chi connectivity index (χ0) is 22.3. The molecule has 3 heterocycles. The molecule has 1 unspecified atom stereocenters. The molecule has 0 saturated carbocycles. The predicted molar refractivity (Wildman–Crippen MR) is 135 cm³/mol. The van der Waals surface area contributed by atoms with Gasteiger partial charge < -0.3 is 30.8 Å². The molecule has 1 aliphatic heterocycles. The maximum Gasteiger partial charge on any atom is 0.220 e. The summed E-state index contributed by atoms with van der Waals surface area (Å²) in [5, 5.41) is 17.0. The number of primary amides is 1. The van der Waals surface area contributed by atoms with Gasteiger partial charge in [-0.3, -0.25) is 4.79 Å². The van der Waals surface area contributed by atoms with Crippen LogP contribution in [0, 0.1) is 5.92 Å². The SMILES string of the molecule is CCNC(=NCc1cccnc1N1CCC(C(N)=O)CC1)NCC(C)(O)c1ccco1.I. The van der Waals surface area contributed by atoms with Gasteiger partial charge in [0.25, 0.3) is 0 Å². The number of carbonyl (C=O) groups is 1. The molecule has 9 nitrogen and oxygen atoms in total. The minimum atomic E-state index is -1.16. The third-order valence-corrected chi connectivity index (χ3v) is 5.47. The Morgan fingerprint density at radius 1 is 1.34 bits per heavy atom. The average molecular weight is 556 g/mol. The van der Waals surface area contributed by atoms with Gasteiger partial charge in [-0.05, 0) is 44.9 Å². The molecule has 0 aliphatic carbocycles. The Morgan fingerprint density at radius 3 is 2.72 bits per heavy atom. The molecule has 32 heavy (non-hydrogen) atoms. The molecule has 1 saturated heterocycles. The number of hydrogen-bond donors (Lipinski definition) is 4. The molecule has 1 atom stereocenters. The molecule has 5 N–H and O–H groups in total. The standard InChI is InChI=1S/C22H32N6O3.HI/c1-3-24-21(27-15-22(2,30)18-7-5-13-31-18)26-14-17-6-4-10-25-20(17)28-11-8-16(9-12-28)19(23)29;/h4-7,10,13,16,30H,3,8-9,11-12,14-15H2,1-2H3,(H2,23,29)(H2,24,26,27);1H. The van der Waals surface area contributed by atoms with E-state index in [9.17, 15) is 9.90 Å². The third-order valence-electron chi connectivity index (χ3n) is 5.47. The fourth-order valence-corrected chi connectivity index (χ4v) is 3.65. The van der Waals surface area contributed by atoms with E-state index < -0.39 is 5.60 Å². The van der Waals surface area contributed by atoms with Gasteiger partial charge in [0.2, 0.25) is 5.91 Å². The van der Waals surface area contributed by atoms with Crippen molar-refractivity contribution in [1.82, 2.24) is 15.6 Å². The smallest absolute Gasteiger partial charge is 0.220 e. The van der Waals surface area contributed by atoms with Crippen LogP contribution in [0.2, 0.25) is 0 Å². The molecule has 3 rings (SSSR count). The first kappa shape index (κ1) is 25.9. The van der Waals surface area contributed by atoms with Gasteiger partial charge in [0.15, 0.2) is 5.96 Å². The highest BCUT2D eigenvalue weighted by Crippen LogP contribution is 2.25. The minimum absolute atomic E-state index is 0. The lowest BCUT2D eigenvalue weighted by molar-refractivity contribution is -0.122. The Balaban J connectivity index is 0.00000363. The van der Waals surface area contributed by atoms with E-state index in [2.05, 4.69) is 25.5 Å². The number of rotatable bonds is 8. The van der Waals surface area contributed by atoms with Gasteiger partial charge in [-0.1, -0.05) is 6.07 Å². The van der Waals surface area contributed by atoms with Gasteiger partial charge in [-0.25, -0.2) is 9.98 Å². The maximum atomic E-state index is 11.4. The molecule has 0 aromatic carbocycles. The molecule has 1 fully saturated rings. The lowest BCUT2D eigenvalue weighted by Crippen LogP contribution is -2.44. The number of pyridine rings is 1. The van der Waals surface area contributed by atoms with E-state index in [1.165, 1.54) is 0 Å². The third kappa shape index (κ3) is 6.83. The predicted octanol–water partition coefficient (Wildman–Crippen LogP) is 1.96. The van der Waals surface area contributed by atoms with Crippen molar-refractivity contribution < 1.29 is 14.3 Å². The van der Waals surface area contributed by atoms with Crippen LogP contribution in [0.5, 0.6) is 0 Å². The van der Waals surface area contributed by atoms with Crippen molar-refractivity contribution in [1.29, 1.82) is 0 Å². The number of halogens is 1. The molecule has 1 amide bonds. The Kier molecular flexibility index (Phi) is 9.76. The largest absolute Gasteiger partial charge is 0.466 e. The number of piperidine rings is 1. The zero-order valence-electron chi connectivity index (χ0n) is 18.6. The van der Waals surface area contributed by atoms with Crippen LogP contribution in [-0.4, -0.2) is 48.1 Å². The van der Waals surface area contributed by atoms with E-state index in [4.69, 9.17) is 10.2 Å². The van der Waals surface area contributed by atoms with Crippen molar-refractivity contribution in [2.45, 2.75) is 38.8 Å². The number of carbonyl (C=O) groups excluding carboxylic acids is 1. The lowest BCUT2D eigenvalue weighted by atomic mass is 9.96. The highest BCUT2D eigenvalue weighted by Gasteiger charge is 2.27. The first-order valence-electron chi connectivity index (χ1n) is 10.7. The number of aromatic nitrogens is 1. The topological polar surface area (TPSA) is 129 Å². The van der Waals surface area contributed by atoms with Gasteiger partial charge >= 0.3 is 0 Å². The first-order valence-corrected chi connectivity index (χ1v) is 10.7. The summed E-state index contributed by atoms with van der Waals surface area (Å²) in [6.45, 7) is 6.52. The van der Waals surface area contributed by atoms with Crippen LogP contribution in [0.4, 0.5) is 5.82 Å². The van der Waals surface area contributed by atoms with Crippen molar-refractivity contribution in [2.24, 2.45) is 16.6 Å². The number of hydrogen-bond acceptors (Lipinski definition) is 6. The number of nitrogens with zero attached hydrogens (tertiary/aromatic N) is 3. The van der Waals surface area contributed by atoms with E-state index in [1.54, 1.807) is 31.5 Å². The number of amides is 1. The second-order valence-corrected chi connectivity index (χ2v) is 7.95. The van der Waals surface area contributed by atoms with Crippen molar-refractivity contribution in [3.63, 3.8) is 0 Å². The monoisotopic (exact) mass is 556 g/mol. The van der Waals surface area contributed by atoms with Crippen LogP contribution in [0.1, 0.15) is 38.0 Å². The van der Waals surface area contributed by atoms with Gasteiger partial charge in [-0.2, -0.15) is 0 Å². The highest BCUT2D eigenvalue weighted by molar-refractivity contribution is 14.0.